The maximum Gasteiger partial charge on any atom is 0.250 e. The number of para-hydroxylation sites is 1. The molecule has 5 rings (SSSR count). The third-order valence-electron chi connectivity index (χ3n) is 5.32. The molecule has 0 bridgehead atoms. The zero-order chi connectivity index (χ0) is 21.8. The lowest BCUT2D eigenvalue weighted by molar-refractivity contribution is 0.579. The van der Waals surface area contributed by atoms with Crippen molar-refractivity contribution in [3.8, 4) is 0 Å². The van der Waals surface area contributed by atoms with Crippen LogP contribution in [0.3, 0.4) is 0 Å². The first-order valence-corrected chi connectivity index (χ1v) is 10.7. The van der Waals surface area contributed by atoms with Crippen LogP contribution in [0.15, 0.2) is 59.8 Å². The van der Waals surface area contributed by atoms with Crippen molar-refractivity contribution in [3.63, 3.8) is 0 Å². The topological polar surface area (TPSA) is 106 Å². The first kappa shape index (κ1) is 20.0. The molecular weight excluding hydrogens is 402 g/mol. The number of anilines is 4. The van der Waals surface area contributed by atoms with Crippen molar-refractivity contribution in [2.75, 3.05) is 41.8 Å². The van der Waals surface area contributed by atoms with E-state index in [4.69, 9.17) is 0 Å². The Hall–Kier alpha value is -3.98. The first-order chi connectivity index (χ1) is 15.7. The first-order valence-electron chi connectivity index (χ1n) is 10.7. The van der Waals surface area contributed by atoms with Gasteiger partial charge in [-0.2, -0.15) is 20.1 Å². The normalized spacial score (nSPS) is 14.2. The molecule has 0 atom stereocenters. The molecule has 162 valence electrons. The molecular formula is C23H25N9. The minimum absolute atomic E-state index is 0.388. The van der Waals surface area contributed by atoms with Crippen molar-refractivity contribution >= 4 is 40.6 Å². The maximum absolute atomic E-state index is 4.64. The summed E-state index contributed by atoms with van der Waals surface area (Å²) in [5.74, 6) is 1.49. The van der Waals surface area contributed by atoms with E-state index in [0.717, 1.165) is 48.3 Å². The van der Waals surface area contributed by atoms with Crippen molar-refractivity contribution in [1.29, 1.82) is 0 Å². The summed E-state index contributed by atoms with van der Waals surface area (Å²) < 4.78 is 0. The van der Waals surface area contributed by atoms with Crippen LogP contribution in [0.5, 0.6) is 0 Å². The van der Waals surface area contributed by atoms with Crippen LogP contribution in [0, 0.1) is 6.92 Å². The summed E-state index contributed by atoms with van der Waals surface area (Å²) in [6.07, 6.45) is 3.69. The van der Waals surface area contributed by atoms with Gasteiger partial charge >= 0.3 is 0 Å². The van der Waals surface area contributed by atoms with Crippen molar-refractivity contribution in [3.05, 3.63) is 65.9 Å². The Morgan fingerprint density at radius 2 is 1.75 bits per heavy atom. The molecule has 4 aromatic rings. The zero-order valence-corrected chi connectivity index (χ0v) is 17.8. The molecule has 3 heterocycles. The molecule has 4 N–H and O–H groups in total. The molecule has 1 fully saturated rings. The number of aryl methyl sites for hydroxylation is 1. The lowest BCUT2D eigenvalue weighted by atomic mass is 10.2. The van der Waals surface area contributed by atoms with E-state index in [0.29, 0.717) is 17.8 Å². The molecule has 0 radical (unpaired) electrons. The standard InChI is InChI=1S/C23H25N9/c1-16-6-8-18(9-7-16)27-21-28-22(30-23(29-21)32-12-10-24-11-13-32)31-26-15-17-14-25-20-5-3-2-4-19(17)20/h2-9,14-15,24-25H,10-13H2,1H3,(H2,27,28,29,30,31)/b26-15+. The van der Waals surface area contributed by atoms with Gasteiger partial charge in [0.1, 0.15) is 0 Å². The quantitative estimate of drug-likeness (QED) is 0.276. The number of hydrogen-bond donors (Lipinski definition) is 4. The van der Waals surface area contributed by atoms with E-state index in [1.165, 1.54) is 5.56 Å². The summed E-state index contributed by atoms with van der Waals surface area (Å²) in [7, 11) is 0. The van der Waals surface area contributed by atoms with Crippen LogP contribution in [0.4, 0.5) is 23.5 Å². The smallest absolute Gasteiger partial charge is 0.250 e. The Morgan fingerprint density at radius 1 is 0.969 bits per heavy atom. The minimum Gasteiger partial charge on any atom is -0.361 e. The third-order valence-corrected chi connectivity index (χ3v) is 5.32. The fourth-order valence-electron chi connectivity index (χ4n) is 3.60. The lowest BCUT2D eigenvalue weighted by Gasteiger charge is -2.27. The van der Waals surface area contributed by atoms with Gasteiger partial charge in [0.25, 0.3) is 0 Å². The van der Waals surface area contributed by atoms with E-state index in [1.54, 1.807) is 6.21 Å². The van der Waals surface area contributed by atoms with Gasteiger partial charge in [-0.3, -0.25) is 0 Å². The summed E-state index contributed by atoms with van der Waals surface area (Å²) in [5, 5.41) is 12.1. The Kier molecular flexibility index (Phi) is 5.63. The Balaban J connectivity index is 1.40. The monoisotopic (exact) mass is 427 g/mol. The molecule has 1 saturated heterocycles. The minimum atomic E-state index is 0.388. The van der Waals surface area contributed by atoms with E-state index in [1.807, 2.05) is 48.7 Å². The van der Waals surface area contributed by atoms with Gasteiger partial charge in [0.15, 0.2) is 0 Å². The Bertz CT molecular complexity index is 1220. The number of H-pyrrole nitrogens is 1. The lowest BCUT2D eigenvalue weighted by Crippen LogP contribution is -2.44. The van der Waals surface area contributed by atoms with Crippen LogP contribution in [0.2, 0.25) is 0 Å². The number of nitrogens with zero attached hydrogens (tertiary/aromatic N) is 5. The van der Waals surface area contributed by atoms with Gasteiger partial charge < -0.3 is 20.5 Å². The number of hydrogen-bond acceptors (Lipinski definition) is 8. The third kappa shape index (κ3) is 4.52. The highest BCUT2D eigenvalue weighted by molar-refractivity contribution is 5.99. The van der Waals surface area contributed by atoms with E-state index in [9.17, 15) is 0 Å². The Morgan fingerprint density at radius 3 is 2.59 bits per heavy atom. The van der Waals surface area contributed by atoms with Crippen molar-refractivity contribution in [2.45, 2.75) is 6.92 Å². The molecule has 9 heteroatoms. The van der Waals surface area contributed by atoms with Crippen LogP contribution in [-0.4, -0.2) is 52.3 Å². The summed E-state index contributed by atoms with van der Waals surface area (Å²) >= 11 is 0. The second kappa shape index (κ2) is 9.03. The predicted octanol–water partition coefficient (Wildman–Crippen LogP) is 3.26. The zero-order valence-electron chi connectivity index (χ0n) is 17.8. The van der Waals surface area contributed by atoms with Gasteiger partial charge in [-0.05, 0) is 25.1 Å². The van der Waals surface area contributed by atoms with Gasteiger partial charge in [-0.25, -0.2) is 5.43 Å². The number of hydrazone groups is 1. The largest absolute Gasteiger partial charge is 0.361 e. The van der Waals surface area contributed by atoms with Crippen LogP contribution in [0.1, 0.15) is 11.1 Å². The Labute approximate surface area is 186 Å². The van der Waals surface area contributed by atoms with Gasteiger partial charge in [0, 0.05) is 54.5 Å². The van der Waals surface area contributed by atoms with Crippen LogP contribution in [-0.2, 0) is 0 Å². The van der Waals surface area contributed by atoms with Crippen LogP contribution < -0.4 is 21.0 Å². The number of rotatable bonds is 6. The summed E-state index contributed by atoms with van der Waals surface area (Å²) in [5.41, 5.74) is 7.14. The number of aromatic nitrogens is 4. The molecule has 0 amide bonds. The molecule has 0 aliphatic carbocycles. The molecule has 1 aliphatic rings. The summed E-state index contributed by atoms with van der Waals surface area (Å²) in [6.45, 7) is 5.53. The van der Waals surface area contributed by atoms with E-state index < -0.39 is 0 Å². The van der Waals surface area contributed by atoms with Crippen molar-refractivity contribution in [1.82, 2.24) is 25.3 Å². The molecule has 0 unspecified atom stereocenters. The number of aromatic amines is 1. The number of benzene rings is 2. The average molecular weight is 428 g/mol. The van der Waals surface area contributed by atoms with E-state index in [-0.39, 0.29) is 0 Å². The highest BCUT2D eigenvalue weighted by Crippen LogP contribution is 2.19. The molecule has 2 aromatic carbocycles. The van der Waals surface area contributed by atoms with Gasteiger partial charge in [-0.1, -0.05) is 35.9 Å². The highest BCUT2D eigenvalue weighted by Gasteiger charge is 2.16. The fourth-order valence-corrected chi connectivity index (χ4v) is 3.60. The highest BCUT2D eigenvalue weighted by atomic mass is 15.4. The van der Waals surface area contributed by atoms with Crippen LogP contribution in [0.25, 0.3) is 10.9 Å². The number of nitrogens with one attached hydrogen (secondary N) is 4. The fraction of sp³-hybridized carbons (Fsp3) is 0.217. The molecule has 9 nitrogen and oxygen atoms in total. The van der Waals surface area contributed by atoms with Crippen molar-refractivity contribution in [2.24, 2.45) is 5.10 Å². The van der Waals surface area contributed by atoms with Crippen molar-refractivity contribution < 1.29 is 0 Å². The second-order valence-electron chi connectivity index (χ2n) is 7.67. The number of fused-ring (bicyclic) bond motifs is 1. The molecule has 2 aromatic heterocycles. The van der Waals surface area contributed by atoms with Gasteiger partial charge in [0.2, 0.25) is 17.8 Å². The van der Waals surface area contributed by atoms with Gasteiger partial charge in [-0.15, -0.1) is 0 Å². The second-order valence-corrected chi connectivity index (χ2v) is 7.67. The molecule has 0 saturated carbocycles. The molecule has 32 heavy (non-hydrogen) atoms. The van der Waals surface area contributed by atoms with E-state index in [2.05, 4.69) is 59.0 Å². The number of piperazine rings is 1. The molecule has 1 aliphatic heterocycles. The SMILES string of the molecule is Cc1ccc(Nc2nc(N/N=C/c3c[nH]c4ccccc34)nc(N3CCNCC3)n2)cc1. The van der Waals surface area contributed by atoms with E-state index >= 15 is 0 Å². The summed E-state index contributed by atoms with van der Waals surface area (Å²) in [4.78, 5) is 19.2. The maximum atomic E-state index is 4.64. The predicted molar refractivity (Wildman–Crippen MR) is 129 cm³/mol. The average Bonchev–Trinajstić information content (AvgIpc) is 3.24. The molecule has 0 spiro atoms. The summed E-state index contributed by atoms with van der Waals surface area (Å²) in [6, 6.07) is 16.2. The van der Waals surface area contributed by atoms with Crippen LogP contribution >= 0.6 is 0 Å². The van der Waals surface area contributed by atoms with Gasteiger partial charge in [0.05, 0.1) is 6.21 Å².